The fourth-order valence-electron chi connectivity index (χ4n) is 16.2. The van der Waals surface area contributed by atoms with E-state index >= 15 is 24.0 Å². The number of halogens is 5. The Balaban J connectivity index is 1.45. The van der Waals surface area contributed by atoms with Crippen molar-refractivity contribution in [3.63, 3.8) is 0 Å². The molecule has 1 spiro atoms. The van der Waals surface area contributed by atoms with Crippen molar-refractivity contribution < 1.29 is 70.7 Å². The summed E-state index contributed by atoms with van der Waals surface area (Å²) < 4.78 is 42.6. The smallest absolute Gasteiger partial charge is 0.347 e. The minimum absolute atomic E-state index is 0.0106. The predicted octanol–water partition coefficient (Wildman–Crippen LogP) is 7.00. The quantitative estimate of drug-likeness (QED) is 0.132. The molecule has 2 aliphatic heterocycles. The van der Waals surface area contributed by atoms with Gasteiger partial charge in [-0.05, 0) is 126 Å². The Hall–Kier alpha value is -5.55. The van der Waals surface area contributed by atoms with Gasteiger partial charge >= 0.3 is 6.18 Å². The van der Waals surface area contributed by atoms with Gasteiger partial charge in [0.15, 0.2) is 0 Å². The highest BCUT2D eigenvalue weighted by molar-refractivity contribution is 14.1. The number of carbonyl (C=O) groups excluding carboxylic acids is 12. The molecule has 0 bridgehead atoms. The summed E-state index contributed by atoms with van der Waals surface area (Å²) >= 11 is 8.85. The van der Waals surface area contributed by atoms with E-state index in [0.29, 0.717) is 31.6 Å². The number of rotatable bonds is 12. The number of alkyl halides is 5. The maximum Gasteiger partial charge on any atom is 0.393 e. The van der Waals surface area contributed by atoms with E-state index < -0.39 is 173 Å². The number of nitrogens with zero attached hydrogens (tertiary/aromatic N) is 9. The Morgan fingerprint density at radius 2 is 1.22 bits per heavy atom. The van der Waals surface area contributed by atoms with Crippen molar-refractivity contribution in [2.45, 2.75) is 272 Å². The van der Waals surface area contributed by atoms with Crippen molar-refractivity contribution in [3.05, 3.63) is 0 Å². The molecule has 2 heterocycles. The first-order valence-corrected chi connectivity index (χ1v) is 39.0. The van der Waals surface area contributed by atoms with Crippen molar-refractivity contribution in [2.24, 2.45) is 41.4 Å². The lowest BCUT2D eigenvalue weighted by Crippen LogP contribution is -2.65. The molecule has 6 fully saturated rings. The number of hydrogen-bond acceptors (Lipinski definition) is 12. The number of hydrogen-bond donors (Lipinski definition) is 3. The highest BCUT2D eigenvalue weighted by atomic mass is 127. The van der Waals surface area contributed by atoms with Crippen LogP contribution in [0.15, 0.2) is 0 Å². The Labute approximate surface area is 621 Å². The minimum Gasteiger partial charge on any atom is -0.347 e. The van der Waals surface area contributed by atoms with Crippen LogP contribution in [-0.2, 0) is 57.5 Å². The van der Waals surface area contributed by atoms with E-state index in [0.717, 1.165) is 61.2 Å². The summed E-state index contributed by atoms with van der Waals surface area (Å²) in [6.45, 7) is 11.9. The molecule has 0 radical (unpaired) electrons. The van der Waals surface area contributed by atoms with Crippen molar-refractivity contribution in [3.8, 4) is 0 Å². The van der Waals surface area contributed by atoms with Crippen LogP contribution in [-0.4, -0.2) is 267 Å². The summed E-state index contributed by atoms with van der Waals surface area (Å²) in [5.41, 5.74) is -1.60. The van der Waals surface area contributed by atoms with Crippen LogP contribution < -0.4 is 16.0 Å². The van der Waals surface area contributed by atoms with Crippen LogP contribution in [0.25, 0.3) is 0 Å². The van der Waals surface area contributed by atoms with Crippen LogP contribution in [0.3, 0.4) is 0 Å². The molecule has 4 saturated carbocycles. The first kappa shape index (κ1) is 85.4. The highest BCUT2D eigenvalue weighted by Gasteiger charge is 2.52. The molecule has 29 heteroatoms. The van der Waals surface area contributed by atoms with E-state index in [2.05, 4.69) is 45.5 Å². The minimum atomic E-state index is -4.52. The lowest BCUT2D eigenvalue weighted by atomic mass is 9.78. The van der Waals surface area contributed by atoms with E-state index in [4.69, 9.17) is 11.6 Å². The summed E-state index contributed by atoms with van der Waals surface area (Å²) in [7, 11) is 12.9. The van der Waals surface area contributed by atoms with Gasteiger partial charge in [0.25, 0.3) is 0 Å². The third kappa shape index (κ3) is 20.7. The largest absolute Gasteiger partial charge is 0.393 e. The monoisotopic (exact) mass is 1570 g/mol. The first-order valence-electron chi connectivity index (χ1n) is 37.3. The van der Waals surface area contributed by atoms with Crippen molar-refractivity contribution in [1.29, 1.82) is 0 Å². The van der Waals surface area contributed by atoms with Gasteiger partial charge in [-0.3, -0.25) is 57.5 Å². The van der Waals surface area contributed by atoms with Gasteiger partial charge in [0, 0.05) is 79.3 Å². The SMILES string of the molecule is CC[C@H](C)[C@@H]1NC(=O)[C@H](C)N(C)C(=O)C[C@@H](C(=O)N(C)C)N(C)C(=O)[C@H]([C@@H](C)CC)N(C)C(=O)C2(CCCC2)NC(=O)[C@H](CC2CCCC(I)C2)N(C)C(=O)[C@H](CCC2CCC(C(F)(F)F)C(Cl)C2)NC(=O)CN(C)C(=O)[C@H](CC2CCC(C)CC2)N(C)C(=O)[C@@H]2CCN2C(=O)[C@H](C)N(C)C1=O. The average Bonchev–Trinajstić information content (AvgIpc) is 1.31. The number of nitrogens with one attached hydrogen (secondary N) is 3. The molecule has 12 amide bonds. The molecule has 4 aliphatic carbocycles. The van der Waals surface area contributed by atoms with E-state index in [1.165, 1.54) is 112 Å². The van der Waals surface area contributed by atoms with E-state index in [1.807, 2.05) is 13.8 Å². The maximum absolute atomic E-state index is 15.7. The molecule has 0 aromatic carbocycles. The van der Waals surface area contributed by atoms with Crippen molar-refractivity contribution in [1.82, 2.24) is 60.0 Å². The first-order chi connectivity index (χ1) is 47.7. The number of fused-ring (bicyclic) bond motifs is 1. The summed E-state index contributed by atoms with van der Waals surface area (Å²) in [4.78, 5) is 191. The zero-order chi connectivity index (χ0) is 76.3. The summed E-state index contributed by atoms with van der Waals surface area (Å²) in [6, 6.07) is -11.1. The van der Waals surface area contributed by atoms with Crippen molar-refractivity contribution >= 4 is 105 Å². The molecule has 5 unspecified atom stereocenters. The lowest BCUT2D eigenvalue weighted by Gasteiger charge is -2.45. The molecule has 2 saturated heterocycles. The van der Waals surface area contributed by atoms with Gasteiger partial charge in [0.05, 0.1) is 18.9 Å². The standard InChI is InChI=1S/C73H119ClF3IN12O12/c1-17-43(4)60-69(100)85(12)46(7)64(95)90-35-32-54(90)68(99)87(14)56(38-48-26-24-42(3)25-27-48)67(98)83(10)41-58(91)79-53(31-29-47-28-30-51(52(74)37-47)73(75,76)77)65(96)86(13)55(39-49-22-21-23-50(78)36-49)63(94)81-72(33-19-20-34-72)71(102)89(16)61(44(5)18-2)70(101)88(15)57(66(97)82(8)9)40-59(92)84(11)45(6)62(93)80-60/h42-57,60-61H,17-41H2,1-16H3,(H,79,91)(H,80,93)(H,81,94)/t42?,43-,44-,45-,46-,47?,48?,49?,50?,51?,52?,53-,54-,55-,56-,57-,60-,61-/m0/s1. The molecule has 24 nitrogen and oxygen atoms in total. The number of amides is 12. The molecule has 3 N–H and O–H groups in total. The molecule has 0 aromatic rings. The van der Waals surface area contributed by atoms with Crippen LogP contribution in [0.1, 0.15) is 196 Å². The molecule has 578 valence electrons. The number of carbonyl (C=O) groups is 12. The topological polar surface area (TPSA) is 270 Å². The number of likely N-dealkylation sites (N-methyl/N-ethyl adjacent to an activating group) is 8. The third-order valence-corrected chi connectivity index (χ3v) is 25.7. The summed E-state index contributed by atoms with van der Waals surface area (Å²) in [6.07, 6.45) is 4.16. The Morgan fingerprint density at radius 1 is 0.618 bits per heavy atom. The van der Waals surface area contributed by atoms with Gasteiger partial charge in [-0.2, -0.15) is 13.2 Å². The van der Waals surface area contributed by atoms with Crippen LogP contribution in [0.4, 0.5) is 13.2 Å². The predicted molar refractivity (Wildman–Crippen MR) is 390 cm³/mol. The van der Waals surface area contributed by atoms with Gasteiger partial charge in [-0.1, -0.05) is 121 Å². The third-order valence-electron chi connectivity index (χ3n) is 24.1. The molecular weight excluding hydrogens is 1460 g/mol. The molecule has 16 atom stereocenters. The second kappa shape index (κ2) is 37.1. The normalized spacial score (nSPS) is 33.0. The zero-order valence-corrected chi connectivity index (χ0v) is 66.3. The van der Waals surface area contributed by atoms with Gasteiger partial charge in [0.1, 0.15) is 59.9 Å². The average molecular weight is 1580 g/mol. The molecule has 102 heavy (non-hydrogen) atoms. The zero-order valence-electron chi connectivity index (χ0n) is 63.4. The Kier molecular flexibility index (Phi) is 31.1. The fourth-order valence-corrected chi connectivity index (χ4v) is 17.8. The van der Waals surface area contributed by atoms with Crippen LogP contribution in [0, 0.1) is 41.4 Å². The van der Waals surface area contributed by atoms with E-state index in [9.17, 15) is 46.7 Å². The van der Waals surface area contributed by atoms with Gasteiger partial charge in [-0.25, -0.2) is 0 Å². The Bertz CT molecular complexity index is 2990. The van der Waals surface area contributed by atoms with Gasteiger partial charge in [-0.15, -0.1) is 11.6 Å². The summed E-state index contributed by atoms with van der Waals surface area (Å²) in [5, 5.41) is 7.61. The van der Waals surface area contributed by atoms with E-state index in [1.54, 1.807) is 13.8 Å². The van der Waals surface area contributed by atoms with Crippen LogP contribution >= 0.6 is 34.2 Å². The Morgan fingerprint density at radius 3 is 1.77 bits per heavy atom. The molecule has 0 aromatic heterocycles. The summed E-state index contributed by atoms with van der Waals surface area (Å²) in [5.74, 6) is -10.6. The van der Waals surface area contributed by atoms with E-state index in [-0.39, 0.29) is 92.4 Å². The van der Waals surface area contributed by atoms with Gasteiger partial charge < -0.3 is 60.0 Å². The lowest BCUT2D eigenvalue weighted by molar-refractivity contribution is -0.182. The van der Waals surface area contributed by atoms with Gasteiger partial charge in [0.2, 0.25) is 70.9 Å². The van der Waals surface area contributed by atoms with Crippen molar-refractivity contribution in [2.75, 3.05) is 76.5 Å². The fraction of sp³-hybridized carbons (Fsp3) is 0.836. The molecular formula is C73H119ClF3IN12O12. The molecule has 6 aliphatic rings. The maximum atomic E-state index is 15.7. The highest BCUT2D eigenvalue weighted by Crippen LogP contribution is 2.44. The second-order valence-corrected chi connectivity index (χ2v) is 33.7. The van der Waals surface area contributed by atoms with Crippen LogP contribution in [0.2, 0.25) is 0 Å². The molecule has 6 rings (SSSR count). The van der Waals surface area contributed by atoms with Crippen LogP contribution in [0.5, 0.6) is 0 Å². The second-order valence-electron chi connectivity index (χ2n) is 31.3.